The van der Waals surface area contributed by atoms with Gasteiger partial charge in [-0.25, -0.2) is 0 Å². The highest BCUT2D eigenvalue weighted by atomic mass is 15.2. The number of piperidine rings is 1. The fourth-order valence-corrected chi connectivity index (χ4v) is 4.29. The normalized spacial score (nSPS) is 30.8. The Morgan fingerprint density at radius 3 is 2.29 bits per heavy atom. The van der Waals surface area contributed by atoms with Crippen molar-refractivity contribution in [3.63, 3.8) is 0 Å². The van der Waals surface area contributed by atoms with Gasteiger partial charge < -0.3 is 10.2 Å². The smallest absolute Gasteiger partial charge is 0.0325 e. The summed E-state index contributed by atoms with van der Waals surface area (Å²) in [6.45, 7) is 4.66. The van der Waals surface area contributed by atoms with Crippen LogP contribution >= 0.6 is 0 Å². The van der Waals surface area contributed by atoms with Gasteiger partial charge in [-0.2, -0.15) is 0 Å². The molecule has 3 atom stereocenters. The highest BCUT2D eigenvalue weighted by Crippen LogP contribution is 2.35. The molecule has 0 aliphatic carbocycles. The predicted octanol–water partition coefficient (Wildman–Crippen LogP) is 3.99. The maximum atomic E-state index is 4.00. The summed E-state index contributed by atoms with van der Waals surface area (Å²) >= 11 is 0. The molecule has 2 fully saturated rings. The van der Waals surface area contributed by atoms with E-state index >= 15 is 0 Å². The van der Waals surface area contributed by atoms with Gasteiger partial charge in [-0.3, -0.25) is 0 Å². The Morgan fingerprint density at radius 1 is 1.10 bits per heavy atom. The minimum absolute atomic E-state index is 0.513. The van der Waals surface area contributed by atoms with Crippen LogP contribution in [-0.4, -0.2) is 30.1 Å². The van der Waals surface area contributed by atoms with Gasteiger partial charge >= 0.3 is 0 Å². The van der Waals surface area contributed by atoms with Crippen LogP contribution in [0.15, 0.2) is 30.3 Å². The molecule has 0 saturated carbocycles. The lowest BCUT2D eigenvalue weighted by Gasteiger charge is -2.38. The quantitative estimate of drug-likeness (QED) is 0.880. The molecule has 1 N–H and O–H groups in total. The predicted molar refractivity (Wildman–Crippen MR) is 89.4 cm³/mol. The van der Waals surface area contributed by atoms with E-state index in [2.05, 4.69) is 61.4 Å². The summed E-state index contributed by atoms with van der Waals surface area (Å²) in [4.78, 5) is 2.62. The molecule has 0 amide bonds. The van der Waals surface area contributed by atoms with Gasteiger partial charge in [-0.1, -0.05) is 44.2 Å². The van der Waals surface area contributed by atoms with Crippen LogP contribution in [0.25, 0.3) is 0 Å². The Kier molecular flexibility index (Phi) is 4.66. The number of nitrogens with zero attached hydrogens (tertiary/aromatic N) is 1. The fraction of sp³-hybridized carbons (Fsp3) is 0.684. The topological polar surface area (TPSA) is 15.3 Å². The number of nitrogens with one attached hydrogen (secondary N) is 1. The minimum Gasteiger partial charge on any atom is -0.307 e. The lowest BCUT2D eigenvalue weighted by atomic mass is 9.92. The largest absolute Gasteiger partial charge is 0.307 e. The highest BCUT2D eigenvalue weighted by molar-refractivity contribution is 5.19. The van der Waals surface area contributed by atoms with E-state index in [1.807, 2.05) is 0 Å². The van der Waals surface area contributed by atoms with Gasteiger partial charge in [0.25, 0.3) is 0 Å². The number of rotatable bonds is 5. The van der Waals surface area contributed by atoms with E-state index < -0.39 is 0 Å². The Hall–Kier alpha value is -0.860. The van der Waals surface area contributed by atoms with Gasteiger partial charge in [-0.15, -0.1) is 0 Å². The van der Waals surface area contributed by atoms with Crippen LogP contribution < -0.4 is 5.32 Å². The zero-order chi connectivity index (χ0) is 14.8. The summed E-state index contributed by atoms with van der Waals surface area (Å²) in [7, 11) is 2.32. The van der Waals surface area contributed by atoms with E-state index in [0.29, 0.717) is 12.1 Å². The van der Waals surface area contributed by atoms with Crippen LogP contribution in [-0.2, 0) is 0 Å². The van der Waals surface area contributed by atoms with Crippen molar-refractivity contribution in [3.05, 3.63) is 35.9 Å². The van der Waals surface area contributed by atoms with Gasteiger partial charge in [0, 0.05) is 24.2 Å². The molecule has 3 rings (SSSR count). The summed E-state index contributed by atoms with van der Waals surface area (Å²) in [5.41, 5.74) is 1.46. The lowest BCUT2D eigenvalue weighted by molar-refractivity contribution is 0.141. The van der Waals surface area contributed by atoms with Crippen molar-refractivity contribution in [2.75, 3.05) is 7.05 Å². The number of fused-ring (bicyclic) bond motifs is 2. The third-order valence-corrected chi connectivity index (χ3v) is 5.44. The summed E-state index contributed by atoms with van der Waals surface area (Å²) in [5.74, 6) is 0.727. The summed E-state index contributed by atoms with van der Waals surface area (Å²) in [6.07, 6.45) is 6.69. The summed E-state index contributed by atoms with van der Waals surface area (Å²) < 4.78 is 0. The van der Waals surface area contributed by atoms with E-state index in [0.717, 1.165) is 18.0 Å². The Labute approximate surface area is 129 Å². The second-order valence-electron chi connectivity index (χ2n) is 7.48. The average molecular weight is 286 g/mol. The molecule has 2 aliphatic heterocycles. The standard InChI is InChI=1S/C19H30N2/c1-14(2)11-19(15-7-5-4-6-8-15)20-16-12-17-9-10-18(13-16)21(17)3/h4-8,14,16-20H,9-13H2,1-3H3. The average Bonchev–Trinajstić information content (AvgIpc) is 2.70. The first-order valence-electron chi connectivity index (χ1n) is 8.66. The molecule has 0 aromatic heterocycles. The summed E-state index contributed by atoms with van der Waals surface area (Å²) in [6, 6.07) is 13.9. The molecule has 2 heterocycles. The minimum atomic E-state index is 0.513. The first kappa shape index (κ1) is 15.1. The molecule has 21 heavy (non-hydrogen) atoms. The summed E-state index contributed by atoms with van der Waals surface area (Å²) in [5, 5.41) is 4.00. The van der Waals surface area contributed by atoms with E-state index in [9.17, 15) is 0 Å². The van der Waals surface area contributed by atoms with Crippen LogP contribution in [0.3, 0.4) is 0 Å². The van der Waals surface area contributed by atoms with Crippen molar-refractivity contribution in [1.29, 1.82) is 0 Å². The third kappa shape index (κ3) is 3.49. The van der Waals surface area contributed by atoms with E-state index in [1.54, 1.807) is 0 Å². The van der Waals surface area contributed by atoms with Crippen LogP contribution in [0, 0.1) is 5.92 Å². The van der Waals surface area contributed by atoms with Crippen molar-refractivity contribution >= 4 is 0 Å². The van der Waals surface area contributed by atoms with Gasteiger partial charge in [0.05, 0.1) is 0 Å². The molecule has 2 heteroatoms. The molecule has 2 nitrogen and oxygen atoms in total. The van der Waals surface area contributed by atoms with Crippen LogP contribution in [0.1, 0.15) is 57.6 Å². The van der Waals surface area contributed by atoms with Crippen molar-refractivity contribution in [2.45, 2.75) is 70.1 Å². The molecule has 2 bridgehead atoms. The SMILES string of the molecule is CC(C)CC(NC1CC2CCC(C1)N2C)c1ccccc1. The molecule has 1 aromatic rings. The monoisotopic (exact) mass is 286 g/mol. The maximum absolute atomic E-state index is 4.00. The third-order valence-electron chi connectivity index (χ3n) is 5.44. The van der Waals surface area contributed by atoms with Crippen LogP contribution in [0.2, 0.25) is 0 Å². The Bertz CT molecular complexity index is 428. The molecule has 0 spiro atoms. The molecule has 0 radical (unpaired) electrons. The van der Waals surface area contributed by atoms with Crippen LogP contribution in [0.4, 0.5) is 0 Å². The molecule has 2 saturated heterocycles. The molecule has 2 aliphatic rings. The molecular formula is C19H30N2. The zero-order valence-electron chi connectivity index (χ0n) is 13.8. The van der Waals surface area contributed by atoms with Gasteiger partial charge in [0.15, 0.2) is 0 Å². The van der Waals surface area contributed by atoms with Gasteiger partial charge in [-0.05, 0) is 50.6 Å². The number of benzene rings is 1. The molecular weight excluding hydrogens is 256 g/mol. The Balaban J connectivity index is 1.68. The molecule has 3 unspecified atom stereocenters. The second kappa shape index (κ2) is 6.50. The van der Waals surface area contributed by atoms with Crippen molar-refractivity contribution in [3.8, 4) is 0 Å². The van der Waals surface area contributed by atoms with Crippen molar-refractivity contribution in [1.82, 2.24) is 10.2 Å². The maximum Gasteiger partial charge on any atom is 0.0325 e. The zero-order valence-corrected chi connectivity index (χ0v) is 13.8. The number of hydrogen-bond acceptors (Lipinski definition) is 2. The highest BCUT2D eigenvalue weighted by Gasteiger charge is 2.38. The fourth-order valence-electron chi connectivity index (χ4n) is 4.29. The Morgan fingerprint density at radius 2 is 1.71 bits per heavy atom. The lowest BCUT2D eigenvalue weighted by Crippen LogP contribution is -2.48. The molecule has 116 valence electrons. The number of hydrogen-bond donors (Lipinski definition) is 1. The van der Waals surface area contributed by atoms with Crippen molar-refractivity contribution in [2.24, 2.45) is 5.92 Å². The molecule has 1 aromatic carbocycles. The second-order valence-corrected chi connectivity index (χ2v) is 7.48. The van der Waals surface area contributed by atoms with Gasteiger partial charge in [0.2, 0.25) is 0 Å². The van der Waals surface area contributed by atoms with Gasteiger partial charge in [0.1, 0.15) is 0 Å². The van der Waals surface area contributed by atoms with Crippen LogP contribution in [0.5, 0.6) is 0 Å². The van der Waals surface area contributed by atoms with E-state index in [1.165, 1.54) is 37.7 Å². The first-order chi connectivity index (χ1) is 10.1. The van der Waals surface area contributed by atoms with E-state index in [-0.39, 0.29) is 0 Å². The van der Waals surface area contributed by atoms with Crippen molar-refractivity contribution < 1.29 is 0 Å². The first-order valence-corrected chi connectivity index (χ1v) is 8.66. The van der Waals surface area contributed by atoms with E-state index in [4.69, 9.17) is 0 Å².